The van der Waals surface area contributed by atoms with Crippen molar-refractivity contribution < 1.29 is 5.11 Å². The van der Waals surface area contributed by atoms with E-state index in [0.717, 1.165) is 12.1 Å². The van der Waals surface area contributed by atoms with Crippen molar-refractivity contribution in [1.29, 1.82) is 0 Å². The standard InChI is InChI=1S/C11H15NO/c1-3-9(2)12-8-10-4-6-11(13)7-5-10/h3-7,9,12-13H,1,8H2,2H3. The number of benzene rings is 1. The summed E-state index contributed by atoms with van der Waals surface area (Å²) in [6.07, 6.45) is 1.86. The molecule has 1 aromatic carbocycles. The highest BCUT2D eigenvalue weighted by Gasteiger charge is 1.95. The number of hydrogen-bond donors (Lipinski definition) is 2. The van der Waals surface area contributed by atoms with E-state index >= 15 is 0 Å². The molecule has 2 heteroatoms. The molecule has 0 fully saturated rings. The molecule has 1 atom stereocenters. The number of rotatable bonds is 4. The van der Waals surface area contributed by atoms with Gasteiger partial charge in [-0.3, -0.25) is 0 Å². The molecule has 2 N–H and O–H groups in total. The van der Waals surface area contributed by atoms with Gasteiger partial charge >= 0.3 is 0 Å². The second-order valence-electron chi connectivity index (χ2n) is 3.07. The van der Waals surface area contributed by atoms with Gasteiger partial charge in [-0.1, -0.05) is 18.2 Å². The third-order valence-corrected chi connectivity index (χ3v) is 1.92. The predicted octanol–water partition coefficient (Wildman–Crippen LogP) is 2.06. The number of aromatic hydroxyl groups is 1. The van der Waals surface area contributed by atoms with Gasteiger partial charge in [0.2, 0.25) is 0 Å². The van der Waals surface area contributed by atoms with Crippen LogP contribution in [0.4, 0.5) is 0 Å². The smallest absolute Gasteiger partial charge is 0.115 e. The molecule has 2 nitrogen and oxygen atoms in total. The summed E-state index contributed by atoms with van der Waals surface area (Å²) in [6.45, 7) is 6.53. The Balaban J connectivity index is 2.45. The predicted molar refractivity (Wildman–Crippen MR) is 54.6 cm³/mol. The highest BCUT2D eigenvalue weighted by atomic mass is 16.3. The zero-order chi connectivity index (χ0) is 9.68. The monoisotopic (exact) mass is 177 g/mol. The van der Waals surface area contributed by atoms with Crippen LogP contribution in [0.25, 0.3) is 0 Å². The van der Waals surface area contributed by atoms with Crippen LogP contribution in [0.5, 0.6) is 5.75 Å². The summed E-state index contributed by atoms with van der Waals surface area (Å²) in [5.41, 5.74) is 1.16. The Morgan fingerprint density at radius 3 is 2.62 bits per heavy atom. The van der Waals surface area contributed by atoms with Gasteiger partial charge in [-0.25, -0.2) is 0 Å². The Hall–Kier alpha value is -1.28. The van der Waals surface area contributed by atoms with E-state index in [9.17, 15) is 0 Å². The highest BCUT2D eigenvalue weighted by molar-refractivity contribution is 5.25. The molecule has 0 saturated carbocycles. The Kier molecular flexibility index (Phi) is 3.53. The SMILES string of the molecule is C=CC(C)NCc1ccc(O)cc1. The molecule has 0 radical (unpaired) electrons. The van der Waals surface area contributed by atoms with Crippen LogP contribution in [0, 0.1) is 0 Å². The van der Waals surface area contributed by atoms with Crippen molar-refractivity contribution >= 4 is 0 Å². The minimum atomic E-state index is 0.306. The maximum atomic E-state index is 9.04. The van der Waals surface area contributed by atoms with Crippen LogP contribution in [0.3, 0.4) is 0 Å². The number of phenolic OH excluding ortho intramolecular Hbond substituents is 1. The van der Waals surface area contributed by atoms with Crippen LogP contribution >= 0.6 is 0 Å². The molecule has 0 aliphatic heterocycles. The van der Waals surface area contributed by atoms with Crippen molar-refractivity contribution in [3.05, 3.63) is 42.5 Å². The molecule has 0 aromatic heterocycles. The number of hydrogen-bond acceptors (Lipinski definition) is 2. The number of nitrogens with one attached hydrogen (secondary N) is 1. The lowest BCUT2D eigenvalue weighted by Crippen LogP contribution is -2.22. The van der Waals surface area contributed by atoms with Gasteiger partial charge < -0.3 is 10.4 Å². The molecule has 0 amide bonds. The summed E-state index contributed by atoms with van der Waals surface area (Å²) in [4.78, 5) is 0. The average Bonchev–Trinajstić information content (AvgIpc) is 2.16. The first-order valence-corrected chi connectivity index (χ1v) is 4.36. The van der Waals surface area contributed by atoms with Gasteiger partial charge in [-0.15, -0.1) is 6.58 Å². The van der Waals surface area contributed by atoms with Crippen LogP contribution < -0.4 is 5.32 Å². The first-order chi connectivity index (χ1) is 6.22. The minimum absolute atomic E-state index is 0.306. The molecule has 13 heavy (non-hydrogen) atoms. The lowest BCUT2D eigenvalue weighted by molar-refractivity contribution is 0.475. The molecule has 0 heterocycles. The molecule has 0 spiro atoms. The molecular formula is C11H15NO. The largest absolute Gasteiger partial charge is 0.508 e. The van der Waals surface area contributed by atoms with Gasteiger partial charge in [-0.2, -0.15) is 0 Å². The Bertz CT molecular complexity index is 266. The van der Waals surface area contributed by atoms with E-state index in [0.29, 0.717) is 11.8 Å². The molecule has 1 rings (SSSR count). The van der Waals surface area contributed by atoms with Crippen molar-refractivity contribution in [2.24, 2.45) is 0 Å². The maximum Gasteiger partial charge on any atom is 0.115 e. The van der Waals surface area contributed by atoms with Gasteiger partial charge in [0.1, 0.15) is 5.75 Å². The van der Waals surface area contributed by atoms with Crippen LogP contribution in [-0.4, -0.2) is 11.1 Å². The molecule has 1 unspecified atom stereocenters. The fourth-order valence-corrected chi connectivity index (χ4v) is 0.976. The molecule has 0 saturated heterocycles. The van der Waals surface area contributed by atoms with E-state index in [2.05, 4.69) is 11.9 Å². The van der Waals surface area contributed by atoms with E-state index in [-0.39, 0.29) is 0 Å². The Labute approximate surface area is 78.9 Å². The molecular weight excluding hydrogens is 162 g/mol. The zero-order valence-corrected chi connectivity index (χ0v) is 7.83. The van der Waals surface area contributed by atoms with Crippen LogP contribution in [-0.2, 0) is 6.54 Å². The topological polar surface area (TPSA) is 32.3 Å². The quantitative estimate of drug-likeness (QED) is 0.690. The summed E-state index contributed by atoms with van der Waals surface area (Å²) in [5.74, 6) is 0.306. The van der Waals surface area contributed by atoms with Gasteiger partial charge in [-0.05, 0) is 24.6 Å². The highest BCUT2D eigenvalue weighted by Crippen LogP contribution is 2.09. The van der Waals surface area contributed by atoms with E-state index < -0.39 is 0 Å². The van der Waals surface area contributed by atoms with Gasteiger partial charge in [0.15, 0.2) is 0 Å². The summed E-state index contributed by atoms with van der Waals surface area (Å²) in [6, 6.07) is 7.50. The Morgan fingerprint density at radius 2 is 2.08 bits per heavy atom. The summed E-state index contributed by atoms with van der Waals surface area (Å²) in [5, 5.41) is 12.3. The van der Waals surface area contributed by atoms with Crippen molar-refractivity contribution in [3.63, 3.8) is 0 Å². The first kappa shape index (κ1) is 9.81. The minimum Gasteiger partial charge on any atom is -0.508 e. The van der Waals surface area contributed by atoms with Gasteiger partial charge in [0.05, 0.1) is 0 Å². The fourth-order valence-electron chi connectivity index (χ4n) is 0.976. The van der Waals surface area contributed by atoms with E-state index in [4.69, 9.17) is 5.11 Å². The summed E-state index contributed by atoms with van der Waals surface area (Å²) >= 11 is 0. The lowest BCUT2D eigenvalue weighted by atomic mass is 10.2. The Morgan fingerprint density at radius 1 is 1.46 bits per heavy atom. The fraction of sp³-hybridized carbons (Fsp3) is 0.273. The molecule has 1 aromatic rings. The van der Waals surface area contributed by atoms with Crippen LogP contribution in [0.15, 0.2) is 36.9 Å². The second kappa shape index (κ2) is 4.67. The summed E-state index contributed by atoms with van der Waals surface area (Å²) in [7, 11) is 0. The van der Waals surface area contributed by atoms with E-state index in [1.54, 1.807) is 12.1 Å². The van der Waals surface area contributed by atoms with Gasteiger partial charge in [0.25, 0.3) is 0 Å². The normalized spacial score (nSPS) is 12.4. The molecule has 0 aliphatic carbocycles. The third kappa shape index (κ3) is 3.30. The maximum absolute atomic E-state index is 9.04. The zero-order valence-electron chi connectivity index (χ0n) is 7.83. The van der Waals surface area contributed by atoms with Crippen LogP contribution in [0.2, 0.25) is 0 Å². The van der Waals surface area contributed by atoms with E-state index in [1.165, 1.54) is 0 Å². The molecule has 0 bridgehead atoms. The third-order valence-electron chi connectivity index (χ3n) is 1.92. The van der Waals surface area contributed by atoms with Crippen molar-refractivity contribution in [2.75, 3.05) is 0 Å². The van der Waals surface area contributed by atoms with Crippen molar-refractivity contribution in [1.82, 2.24) is 5.32 Å². The molecule has 70 valence electrons. The molecule has 0 aliphatic rings. The lowest BCUT2D eigenvalue weighted by Gasteiger charge is -2.08. The van der Waals surface area contributed by atoms with E-state index in [1.807, 2.05) is 25.1 Å². The van der Waals surface area contributed by atoms with Gasteiger partial charge in [0, 0.05) is 12.6 Å². The average molecular weight is 177 g/mol. The van der Waals surface area contributed by atoms with Crippen molar-refractivity contribution in [2.45, 2.75) is 19.5 Å². The van der Waals surface area contributed by atoms with Crippen molar-refractivity contribution in [3.8, 4) is 5.75 Å². The second-order valence-corrected chi connectivity index (χ2v) is 3.07. The first-order valence-electron chi connectivity index (χ1n) is 4.36. The van der Waals surface area contributed by atoms with Crippen LogP contribution in [0.1, 0.15) is 12.5 Å². The number of phenols is 1. The summed E-state index contributed by atoms with van der Waals surface area (Å²) < 4.78 is 0.